The Balaban J connectivity index is 2.22. The summed E-state index contributed by atoms with van der Waals surface area (Å²) in [6.45, 7) is 2.07. The number of nitrogens with zero attached hydrogens (tertiary/aromatic N) is 2. The minimum absolute atomic E-state index is 0.545. The van der Waals surface area contributed by atoms with E-state index in [1.807, 2.05) is 30.5 Å². The zero-order valence-corrected chi connectivity index (χ0v) is 10.1. The van der Waals surface area contributed by atoms with Gasteiger partial charge in [-0.25, -0.2) is 4.98 Å². The molecule has 0 spiro atoms. The van der Waals surface area contributed by atoms with Gasteiger partial charge in [0.2, 0.25) is 0 Å². The molecule has 0 aliphatic carbocycles. The molecule has 0 fully saturated rings. The zero-order chi connectivity index (χ0) is 12.5. The molecule has 3 aromatic rings. The van der Waals surface area contributed by atoms with E-state index in [9.17, 15) is 0 Å². The van der Waals surface area contributed by atoms with E-state index < -0.39 is 0 Å². The van der Waals surface area contributed by atoms with Gasteiger partial charge < -0.3 is 5.73 Å². The fourth-order valence-corrected chi connectivity index (χ4v) is 2.05. The van der Waals surface area contributed by atoms with E-state index in [0.717, 1.165) is 22.0 Å². The van der Waals surface area contributed by atoms with E-state index in [1.54, 1.807) is 6.20 Å². The lowest BCUT2D eigenvalue weighted by Gasteiger charge is -2.05. The molecule has 0 amide bonds. The quantitative estimate of drug-likeness (QED) is 0.704. The maximum Gasteiger partial charge on any atom is 0.131 e. The molecule has 3 heteroatoms. The first kappa shape index (κ1) is 10.7. The van der Waals surface area contributed by atoms with Gasteiger partial charge in [0.05, 0.1) is 5.69 Å². The second-order valence-corrected chi connectivity index (χ2v) is 4.36. The molecule has 0 aliphatic heterocycles. The molecule has 18 heavy (non-hydrogen) atoms. The summed E-state index contributed by atoms with van der Waals surface area (Å²) in [5.41, 5.74) is 9.13. The number of aryl methyl sites for hydroxylation is 1. The van der Waals surface area contributed by atoms with Gasteiger partial charge in [0.15, 0.2) is 0 Å². The third-order valence-electron chi connectivity index (χ3n) is 2.99. The largest absolute Gasteiger partial charge is 0.383 e. The molecule has 1 aromatic carbocycles. The van der Waals surface area contributed by atoms with Gasteiger partial charge in [0.1, 0.15) is 5.82 Å². The molecule has 2 heterocycles. The highest BCUT2D eigenvalue weighted by Gasteiger charge is 2.04. The molecule has 2 N–H and O–H groups in total. The maximum absolute atomic E-state index is 5.89. The van der Waals surface area contributed by atoms with Crippen LogP contribution < -0.4 is 5.73 Å². The minimum Gasteiger partial charge on any atom is -0.383 e. The molecule has 0 bridgehead atoms. The van der Waals surface area contributed by atoms with Crippen molar-refractivity contribution in [1.29, 1.82) is 0 Å². The summed E-state index contributed by atoms with van der Waals surface area (Å²) in [6.07, 6.45) is 3.54. The molecule has 0 unspecified atom stereocenters. The average Bonchev–Trinajstić information content (AvgIpc) is 2.39. The molecule has 0 saturated heterocycles. The normalized spacial score (nSPS) is 10.7. The van der Waals surface area contributed by atoms with Gasteiger partial charge in [-0.1, -0.05) is 23.8 Å². The van der Waals surface area contributed by atoms with Crippen LogP contribution in [0.25, 0.3) is 22.0 Å². The maximum atomic E-state index is 5.89. The lowest BCUT2D eigenvalue weighted by atomic mass is 10.1. The molecular formula is C15H13N3. The summed E-state index contributed by atoms with van der Waals surface area (Å²) in [4.78, 5) is 8.59. The predicted molar refractivity (Wildman–Crippen MR) is 74.1 cm³/mol. The molecule has 0 aliphatic rings. The molecule has 2 aromatic heterocycles. The van der Waals surface area contributed by atoms with Crippen LogP contribution in [0.1, 0.15) is 5.56 Å². The minimum atomic E-state index is 0.545. The molecule has 3 rings (SSSR count). The highest BCUT2D eigenvalue weighted by molar-refractivity contribution is 5.92. The Labute approximate surface area is 105 Å². The van der Waals surface area contributed by atoms with E-state index in [4.69, 9.17) is 5.73 Å². The second-order valence-electron chi connectivity index (χ2n) is 4.36. The third-order valence-corrected chi connectivity index (χ3v) is 2.99. The Hall–Kier alpha value is -2.42. The number of hydrogen-bond donors (Lipinski definition) is 1. The fourth-order valence-electron chi connectivity index (χ4n) is 2.05. The van der Waals surface area contributed by atoms with Crippen molar-refractivity contribution in [2.24, 2.45) is 0 Å². The zero-order valence-electron chi connectivity index (χ0n) is 10.1. The first-order valence-electron chi connectivity index (χ1n) is 5.81. The number of benzene rings is 1. The van der Waals surface area contributed by atoms with Crippen molar-refractivity contribution in [3.05, 3.63) is 54.4 Å². The van der Waals surface area contributed by atoms with Crippen LogP contribution in [0.2, 0.25) is 0 Å². The van der Waals surface area contributed by atoms with Crippen LogP contribution in [-0.4, -0.2) is 9.97 Å². The molecule has 3 nitrogen and oxygen atoms in total. The van der Waals surface area contributed by atoms with Gasteiger partial charge >= 0.3 is 0 Å². The van der Waals surface area contributed by atoms with Gasteiger partial charge in [-0.2, -0.15) is 0 Å². The Morgan fingerprint density at radius 1 is 1.06 bits per heavy atom. The number of anilines is 1. The van der Waals surface area contributed by atoms with Crippen molar-refractivity contribution in [3.8, 4) is 11.3 Å². The number of nitrogens with two attached hydrogens (primary N) is 1. The van der Waals surface area contributed by atoms with Crippen LogP contribution in [0.4, 0.5) is 5.82 Å². The van der Waals surface area contributed by atoms with Crippen molar-refractivity contribution in [1.82, 2.24) is 9.97 Å². The van der Waals surface area contributed by atoms with E-state index in [2.05, 4.69) is 29.0 Å². The summed E-state index contributed by atoms with van der Waals surface area (Å²) in [5.74, 6) is 0.545. The first-order valence-corrected chi connectivity index (χ1v) is 5.81. The highest BCUT2D eigenvalue weighted by Crippen LogP contribution is 2.24. The SMILES string of the molecule is Cc1cccc(-c2cc3c(N)nccc3cn2)c1. The van der Waals surface area contributed by atoms with Crippen molar-refractivity contribution in [2.75, 3.05) is 5.73 Å². The highest BCUT2D eigenvalue weighted by atomic mass is 14.8. The van der Waals surface area contributed by atoms with Gasteiger partial charge in [-0.3, -0.25) is 4.98 Å². The van der Waals surface area contributed by atoms with Crippen LogP contribution in [0.3, 0.4) is 0 Å². The molecule has 88 valence electrons. The van der Waals surface area contributed by atoms with Crippen LogP contribution in [0.15, 0.2) is 48.8 Å². The predicted octanol–water partition coefficient (Wildman–Crippen LogP) is 3.19. The van der Waals surface area contributed by atoms with Gasteiger partial charge in [-0.05, 0) is 25.1 Å². The summed E-state index contributed by atoms with van der Waals surface area (Å²) in [6, 6.07) is 12.2. The molecule has 0 atom stereocenters. The summed E-state index contributed by atoms with van der Waals surface area (Å²) in [5, 5.41) is 1.96. The monoisotopic (exact) mass is 235 g/mol. The van der Waals surface area contributed by atoms with Gasteiger partial charge in [-0.15, -0.1) is 0 Å². The Kier molecular flexibility index (Phi) is 2.45. The number of hydrogen-bond acceptors (Lipinski definition) is 3. The van der Waals surface area contributed by atoms with Crippen LogP contribution in [-0.2, 0) is 0 Å². The lowest BCUT2D eigenvalue weighted by molar-refractivity contribution is 1.32. The van der Waals surface area contributed by atoms with E-state index in [-0.39, 0.29) is 0 Å². The molecule has 0 saturated carbocycles. The van der Waals surface area contributed by atoms with Crippen LogP contribution in [0, 0.1) is 6.92 Å². The fraction of sp³-hybridized carbons (Fsp3) is 0.0667. The van der Waals surface area contributed by atoms with Crippen molar-refractivity contribution in [2.45, 2.75) is 6.92 Å². The Morgan fingerprint density at radius 2 is 1.94 bits per heavy atom. The van der Waals surface area contributed by atoms with Gasteiger partial charge in [0.25, 0.3) is 0 Å². The first-order chi connectivity index (χ1) is 8.74. The Morgan fingerprint density at radius 3 is 2.78 bits per heavy atom. The molecule has 0 radical (unpaired) electrons. The van der Waals surface area contributed by atoms with Crippen LogP contribution in [0.5, 0.6) is 0 Å². The standard InChI is InChI=1S/C15H13N3/c1-10-3-2-4-11(7-10)14-8-13-12(9-18-14)5-6-17-15(13)16/h2-9H,1H3,(H2,16,17). The van der Waals surface area contributed by atoms with E-state index >= 15 is 0 Å². The second kappa shape index (κ2) is 4.11. The topological polar surface area (TPSA) is 51.8 Å². The van der Waals surface area contributed by atoms with E-state index in [1.165, 1.54) is 5.56 Å². The summed E-state index contributed by atoms with van der Waals surface area (Å²) in [7, 11) is 0. The average molecular weight is 235 g/mol. The van der Waals surface area contributed by atoms with E-state index in [0.29, 0.717) is 5.82 Å². The van der Waals surface area contributed by atoms with Gasteiger partial charge in [0, 0.05) is 28.7 Å². The van der Waals surface area contributed by atoms with Crippen molar-refractivity contribution in [3.63, 3.8) is 0 Å². The summed E-state index contributed by atoms with van der Waals surface area (Å²) < 4.78 is 0. The number of nitrogen functional groups attached to an aromatic ring is 1. The smallest absolute Gasteiger partial charge is 0.131 e. The number of pyridine rings is 2. The number of rotatable bonds is 1. The third kappa shape index (κ3) is 1.80. The Bertz CT molecular complexity index is 720. The summed E-state index contributed by atoms with van der Waals surface area (Å²) >= 11 is 0. The number of aromatic nitrogens is 2. The number of fused-ring (bicyclic) bond motifs is 1. The molecular weight excluding hydrogens is 222 g/mol. The van der Waals surface area contributed by atoms with Crippen LogP contribution >= 0.6 is 0 Å². The van der Waals surface area contributed by atoms with Crippen molar-refractivity contribution < 1.29 is 0 Å². The lowest BCUT2D eigenvalue weighted by Crippen LogP contribution is -1.92. The van der Waals surface area contributed by atoms with Crippen molar-refractivity contribution >= 4 is 16.6 Å².